The fourth-order valence-corrected chi connectivity index (χ4v) is 3.83. The number of ketones is 1. The zero-order valence-electron chi connectivity index (χ0n) is 13.2. The van der Waals surface area contributed by atoms with Gasteiger partial charge in [0.15, 0.2) is 0 Å². The van der Waals surface area contributed by atoms with E-state index in [2.05, 4.69) is 19.9 Å². The fraction of sp³-hybridized carbons (Fsp3) is 0.263. The molecule has 0 bridgehead atoms. The van der Waals surface area contributed by atoms with Crippen molar-refractivity contribution >= 4 is 22.2 Å². The van der Waals surface area contributed by atoms with E-state index in [9.17, 15) is 4.79 Å². The summed E-state index contributed by atoms with van der Waals surface area (Å²) in [6, 6.07) is 5.76. The lowest BCUT2D eigenvalue weighted by molar-refractivity contribution is 0.103. The quantitative estimate of drug-likeness (QED) is 0.539. The van der Waals surface area contributed by atoms with Gasteiger partial charge >= 0.3 is 0 Å². The van der Waals surface area contributed by atoms with E-state index in [4.69, 9.17) is 0 Å². The molecule has 1 aliphatic heterocycles. The lowest BCUT2D eigenvalue weighted by Gasteiger charge is -2.30. The van der Waals surface area contributed by atoms with Gasteiger partial charge in [-0.2, -0.15) is 0 Å². The third-order valence-corrected chi connectivity index (χ3v) is 4.97. The van der Waals surface area contributed by atoms with Crippen LogP contribution in [0.25, 0.3) is 22.0 Å². The van der Waals surface area contributed by atoms with Crippen LogP contribution in [-0.2, 0) is 0 Å². The van der Waals surface area contributed by atoms with E-state index >= 15 is 0 Å². The lowest BCUT2D eigenvalue weighted by atomic mass is 9.91. The Kier molecular flexibility index (Phi) is 2.89. The van der Waals surface area contributed by atoms with E-state index in [0.717, 1.165) is 40.8 Å². The molecular formula is C19H16N4O. The summed E-state index contributed by atoms with van der Waals surface area (Å²) in [6.07, 6.45) is 8.99. The first-order valence-electron chi connectivity index (χ1n) is 8.37. The number of fused-ring (bicyclic) bond motifs is 2. The highest BCUT2D eigenvalue weighted by Crippen LogP contribution is 2.39. The molecule has 118 valence electrons. The zero-order valence-corrected chi connectivity index (χ0v) is 13.2. The van der Waals surface area contributed by atoms with Crippen molar-refractivity contribution in [3.63, 3.8) is 0 Å². The minimum Gasteiger partial charge on any atom is -0.370 e. The third kappa shape index (κ3) is 1.81. The van der Waals surface area contributed by atoms with Gasteiger partial charge in [0.2, 0.25) is 5.78 Å². The predicted octanol–water partition coefficient (Wildman–Crippen LogP) is 3.23. The molecule has 2 aliphatic rings. The predicted molar refractivity (Wildman–Crippen MR) is 92.3 cm³/mol. The number of anilines is 1. The van der Waals surface area contributed by atoms with Crippen LogP contribution in [0.1, 0.15) is 35.4 Å². The fourth-order valence-electron chi connectivity index (χ4n) is 3.83. The summed E-state index contributed by atoms with van der Waals surface area (Å²) < 4.78 is 0. The summed E-state index contributed by atoms with van der Waals surface area (Å²) in [5.41, 5.74) is 3.65. The summed E-state index contributed by atoms with van der Waals surface area (Å²) in [5, 5.41) is 1.93. The largest absolute Gasteiger partial charge is 0.370 e. The van der Waals surface area contributed by atoms with Crippen molar-refractivity contribution < 1.29 is 4.79 Å². The van der Waals surface area contributed by atoms with Crippen LogP contribution in [0.4, 0.5) is 5.69 Å². The number of rotatable bonds is 1. The molecule has 0 atom stereocenters. The molecule has 4 heterocycles. The van der Waals surface area contributed by atoms with Gasteiger partial charge in [0.05, 0.1) is 17.6 Å². The second-order valence-electron chi connectivity index (χ2n) is 6.35. The smallest absolute Gasteiger partial charge is 0.231 e. The van der Waals surface area contributed by atoms with E-state index in [1.807, 2.05) is 30.6 Å². The molecule has 1 saturated heterocycles. The minimum atomic E-state index is -0.110. The van der Waals surface area contributed by atoms with Crippen molar-refractivity contribution in [2.45, 2.75) is 19.3 Å². The van der Waals surface area contributed by atoms with Gasteiger partial charge in [0.25, 0.3) is 0 Å². The highest BCUT2D eigenvalue weighted by molar-refractivity contribution is 6.24. The SMILES string of the molecule is O=C1c2ncccc2-c2nccc3c(N4CCCCC4)cnc1c23. The third-order valence-electron chi connectivity index (χ3n) is 4.97. The van der Waals surface area contributed by atoms with Gasteiger partial charge in [-0.3, -0.25) is 14.8 Å². The van der Waals surface area contributed by atoms with E-state index in [1.165, 1.54) is 19.3 Å². The minimum absolute atomic E-state index is 0.110. The molecular weight excluding hydrogens is 300 g/mol. The molecule has 3 aromatic rings. The first kappa shape index (κ1) is 13.6. The Bertz CT molecular complexity index is 976. The number of piperidine rings is 1. The van der Waals surface area contributed by atoms with Crippen LogP contribution in [-0.4, -0.2) is 33.8 Å². The van der Waals surface area contributed by atoms with Crippen molar-refractivity contribution in [3.05, 3.63) is 48.2 Å². The van der Waals surface area contributed by atoms with Gasteiger partial charge < -0.3 is 4.90 Å². The molecule has 5 heteroatoms. The second-order valence-corrected chi connectivity index (χ2v) is 6.35. The standard InChI is InChI=1S/C19H16N4O/c24-19-17-13(5-4-7-20-17)16-15-12(6-8-21-16)14(11-22-18(15)19)23-9-2-1-3-10-23/h4-8,11H,1-3,9-10H2. The number of aromatic nitrogens is 3. The summed E-state index contributed by atoms with van der Waals surface area (Å²) >= 11 is 0. The van der Waals surface area contributed by atoms with Gasteiger partial charge in [0, 0.05) is 41.8 Å². The molecule has 0 amide bonds. The number of hydrogen-bond acceptors (Lipinski definition) is 5. The zero-order chi connectivity index (χ0) is 16.1. The highest BCUT2D eigenvalue weighted by Gasteiger charge is 2.30. The molecule has 0 saturated carbocycles. The number of pyridine rings is 3. The Morgan fingerprint density at radius 2 is 1.71 bits per heavy atom. The van der Waals surface area contributed by atoms with Crippen LogP contribution in [0.3, 0.4) is 0 Å². The van der Waals surface area contributed by atoms with Crippen LogP contribution in [0.15, 0.2) is 36.8 Å². The van der Waals surface area contributed by atoms with Gasteiger partial charge in [-0.25, -0.2) is 4.98 Å². The Morgan fingerprint density at radius 3 is 2.58 bits per heavy atom. The molecule has 1 aliphatic carbocycles. The van der Waals surface area contributed by atoms with Crippen LogP contribution in [0, 0.1) is 0 Å². The molecule has 24 heavy (non-hydrogen) atoms. The van der Waals surface area contributed by atoms with E-state index in [-0.39, 0.29) is 5.78 Å². The van der Waals surface area contributed by atoms with Crippen molar-refractivity contribution in [1.29, 1.82) is 0 Å². The average Bonchev–Trinajstić information content (AvgIpc) is 2.66. The molecule has 0 radical (unpaired) electrons. The van der Waals surface area contributed by atoms with Crippen LogP contribution in [0.2, 0.25) is 0 Å². The number of carbonyl (C=O) groups is 1. The van der Waals surface area contributed by atoms with Gasteiger partial charge in [-0.1, -0.05) is 0 Å². The normalized spacial score (nSPS) is 16.3. The van der Waals surface area contributed by atoms with Crippen LogP contribution >= 0.6 is 0 Å². The first-order valence-corrected chi connectivity index (χ1v) is 8.37. The van der Waals surface area contributed by atoms with Crippen molar-refractivity contribution in [2.75, 3.05) is 18.0 Å². The molecule has 0 N–H and O–H groups in total. The number of carbonyl (C=O) groups excluding carboxylic acids is 1. The van der Waals surface area contributed by atoms with Gasteiger partial charge in [-0.15, -0.1) is 0 Å². The van der Waals surface area contributed by atoms with Crippen LogP contribution < -0.4 is 4.90 Å². The first-order chi connectivity index (χ1) is 11.8. The summed E-state index contributed by atoms with van der Waals surface area (Å²) in [6.45, 7) is 2.08. The van der Waals surface area contributed by atoms with E-state index < -0.39 is 0 Å². The average molecular weight is 316 g/mol. The molecule has 5 nitrogen and oxygen atoms in total. The van der Waals surface area contributed by atoms with Crippen molar-refractivity contribution in [1.82, 2.24) is 15.0 Å². The monoisotopic (exact) mass is 316 g/mol. The Labute approximate surface area is 139 Å². The molecule has 0 spiro atoms. The molecule has 0 aromatic carbocycles. The summed E-state index contributed by atoms with van der Waals surface area (Å²) in [5.74, 6) is -0.110. The maximum Gasteiger partial charge on any atom is 0.231 e. The highest BCUT2D eigenvalue weighted by atomic mass is 16.1. The van der Waals surface area contributed by atoms with Crippen molar-refractivity contribution in [2.24, 2.45) is 0 Å². The number of hydrogen-bond donors (Lipinski definition) is 0. The maximum absolute atomic E-state index is 12.8. The second kappa shape index (κ2) is 5.09. The Hall–Kier alpha value is -2.82. The summed E-state index contributed by atoms with van der Waals surface area (Å²) in [7, 11) is 0. The van der Waals surface area contributed by atoms with E-state index in [1.54, 1.807) is 6.20 Å². The molecule has 5 rings (SSSR count). The van der Waals surface area contributed by atoms with Gasteiger partial charge in [-0.05, 0) is 37.5 Å². The lowest BCUT2D eigenvalue weighted by Crippen LogP contribution is -2.30. The summed E-state index contributed by atoms with van der Waals surface area (Å²) in [4.78, 5) is 28.5. The van der Waals surface area contributed by atoms with Crippen molar-refractivity contribution in [3.8, 4) is 11.3 Å². The Morgan fingerprint density at radius 1 is 0.875 bits per heavy atom. The molecule has 0 unspecified atom stereocenters. The maximum atomic E-state index is 12.8. The molecule has 1 fully saturated rings. The number of nitrogens with zero attached hydrogens (tertiary/aromatic N) is 4. The molecule has 3 aromatic heterocycles. The van der Waals surface area contributed by atoms with Gasteiger partial charge in [0.1, 0.15) is 11.4 Å². The Balaban J connectivity index is 1.82. The topological polar surface area (TPSA) is 59.0 Å². The van der Waals surface area contributed by atoms with Crippen LogP contribution in [0.5, 0.6) is 0 Å². The van der Waals surface area contributed by atoms with E-state index in [0.29, 0.717) is 11.4 Å².